The van der Waals surface area contributed by atoms with Gasteiger partial charge in [0, 0.05) is 90.7 Å². The predicted octanol–water partition coefficient (Wildman–Crippen LogP) is 7.29. The summed E-state index contributed by atoms with van der Waals surface area (Å²) in [5.41, 5.74) is 4.14. The molecule has 0 aliphatic heterocycles. The summed E-state index contributed by atoms with van der Waals surface area (Å²) in [6, 6.07) is 53.9. The number of carbonyl (C=O) groups is 9. The van der Waals surface area contributed by atoms with Crippen LogP contribution in [0, 0.1) is 10.1 Å². The molecule has 0 heterocycles. The van der Waals surface area contributed by atoms with Gasteiger partial charge in [0.25, 0.3) is 5.69 Å². The summed E-state index contributed by atoms with van der Waals surface area (Å²) in [5, 5.41) is 27.6. The van der Waals surface area contributed by atoms with Gasteiger partial charge in [-0.25, -0.2) is 24.0 Å². The number of nitro groups is 1. The summed E-state index contributed by atoms with van der Waals surface area (Å²) >= 11 is 0. The van der Waals surface area contributed by atoms with E-state index in [0.29, 0.717) is 11.1 Å². The first-order valence-corrected chi connectivity index (χ1v) is 30.5. The molecule has 0 aliphatic carbocycles. The predicted molar refractivity (Wildman–Crippen MR) is 348 cm³/mol. The van der Waals surface area contributed by atoms with E-state index < -0.39 is 35.4 Å². The minimum atomic E-state index is -0.913. The van der Waals surface area contributed by atoms with E-state index in [-0.39, 0.29) is 164 Å². The number of rotatable bonds is 34. The van der Waals surface area contributed by atoms with Crippen molar-refractivity contribution in [3.63, 3.8) is 0 Å². The zero-order valence-corrected chi connectivity index (χ0v) is 52.0. The number of ether oxygens (including phenoxy) is 5. The van der Waals surface area contributed by atoms with Crippen molar-refractivity contribution in [1.82, 2.24) is 46.6 Å². The number of non-ortho nitro benzene ring substituents is 1. The first-order chi connectivity index (χ1) is 46.1. The van der Waals surface area contributed by atoms with E-state index in [9.17, 15) is 53.3 Å². The van der Waals surface area contributed by atoms with Crippen LogP contribution in [0.4, 0.5) is 29.7 Å². The highest BCUT2D eigenvalue weighted by Gasteiger charge is 2.22. The maximum absolute atomic E-state index is 13.5. The number of carbonyl (C=O) groups excluding carboxylic acids is 9. The summed E-state index contributed by atoms with van der Waals surface area (Å²) in [7, 11) is 0. The van der Waals surface area contributed by atoms with Crippen molar-refractivity contribution in [2.45, 2.75) is 38.9 Å². The highest BCUT2D eigenvalue weighted by molar-refractivity contribution is 5.81. The lowest BCUT2D eigenvalue weighted by molar-refractivity contribution is -0.384. The summed E-state index contributed by atoms with van der Waals surface area (Å²) in [4.78, 5) is 131. The van der Waals surface area contributed by atoms with Crippen LogP contribution in [-0.2, 0) is 67.5 Å². The maximum atomic E-state index is 13.5. The van der Waals surface area contributed by atoms with Crippen molar-refractivity contribution in [2.24, 2.45) is 0 Å². The van der Waals surface area contributed by atoms with Gasteiger partial charge in [-0.05, 0) is 69.8 Å². The van der Waals surface area contributed by atoms with Gasteiger partial charge in [0.05, 0.1) is 30.6 Å². The molecular formula is C69H74N10O16. The molecule has 26 nitrogen and oxygen atoms in total. The largest absolute Gasteiger partial charge is 0.445 e. The standard InChI is InChI=1S/C69H74N10O16/c80-61(45-51-13-5-1-6-14-51)70-33-39-76(40-34-71-62(81)46-52-15-7-2-8-16-52)67(86)93-58-27-21-55(22-28-58)49-91-65(84)74-37-43-78(69(88)95-60-31-25-57(26-32-60)79(89)90)44-38-75-66(85)92-50-56-23-29-59(30-24-56)94-68(87)77(41-35-72-63(82)47-53-17-9-3-10-18-53)42-36-73-64(83)48-54-19-11-4-12-20-54/h1-32H,33-50H2,(H,70,80)(H,71,81)(H,72,82)(H,73,83)(H,74,84)(H,75,85). The molecule has 0 spiro atoms. The second kappa shape index (κ2) is 38.8. The lowest BCUT2D eigenvalue weighted by Crippen LogP contribution is -2.44. The van der Waals surface area contributed by atoms with Crippen molar-refractivity contribution in [3.8, 4) is 17.2 Å². The van der Waals surface area contributed by atoms with E-state index in [1.165, 1.54) is 51.1 Å². The summed E-state index contributed by atoms with van der Waals surface area (Å²) in [6.07, 6.45) is -3.46. The average Bonchev–Trinajstić information content (AvgIpc) is 3.47. The van der Waals surface area contributed by atoms with Crippen LogP contribution in [0.5, 0.6) is 17.2 Å². The molecule has 0 unspecified atom stereocenters. The normalized spacial score (nSPS) is 10.5. The quantitative estimate of drug-likeness (QED) is 0.0170. The number of hydrogen-bond donors (Lipinski definition) is 6. The first kappa shape index (κ1) is 70.6. The van der Waals surface area contributed by atoms with Gasteiger partial charge in [0.2, 0.25) is 23.6 Å². The molecule has 0 aromatic heterocycles. The van der Waals surface area contributed by atoms with Gasteiger partial charge in [-0.3, -0.25) is 29.3 Å². The van der Waals surface area contributed by atoms with Crippen LogP contribution in [0.3, 0.4) is 0 Å². The number of alkyl carbamates (subject to hydrolysis) is 2. The highest BCUT2D eigenvalue weighted by atomic mass is 16.6. The van der Waals surface area contributed by atoms with Crippen LogP contribution in [0.2, 0.25) is 0 Å². The van der Waals surface area contributed by atoms with Crippen molar-refractivity contribution < 1.29 is 71.8 Å². The number of nitrogens with zero attached hydrogens (tertiary/aromatic N) is 4. The lowest BCUT2D eigenvalue weighted by atomic mass is 10.1. The SMILES string of the molecule is O=C(Cc1ccccc1)NCCN(CCNC(=O)Cc1ccccc1)C(=O)Oc1ccc(COC(=O)NCCN(CCNC(=O)OCc2ccc(OC(=O)N(CCNC(=O)Cc3ccccc3)CCNC(=O)Cc3ccccc3)cc2)C(=O)Oc2ccc([N+](=O)[O-])cc2)cc1. The summed E-state index contributed by atoms with van der Waals surface area (Å²) < 4.78 is 27.5. The van der Waals surface area contributed by atoms with E-state index in [1.54, 1.807) is 24.3 Å². The summed E-state index contributed by atoms with van der Waals surface area (Å²) in [6.45, 7) is -0.229. The Hall–Kier alpha value is -11.8. The second-order valence-electron chi connectivity index (χ2n) is 21.2. The Balaban J connectivity index is 0.849. The minimum absolute atomic E-state index is 0.0119. The highest BCUT2D eigenvalue weighted by Crippen LogP contribution is 2.19. The van der Waals surface area contributed by atoms with Crippen molar-refractivity contribution in [2.75, 3.05) is 78.5 Å². The van der Waals surface area contributed by atoms with Gasteiger partial charge >= 0.3 is 30.5 Å². The van der Waals surface area contributed by atoms with Crippen LogP contribution in [0.1, 0.15) is 33.4 Å². The van der Waals surface area contributed by atoms with Crippen LogP contribution in [-0.4, -0.2) is 152 Å². The van der Waals surface area contributed by atoms with Crippen LogP contribution >= 0.6 is 0 Å². The zero-order valence-electron chi connectivity index (χ0n) is 52.0. The monoisotopic (exact) mass is 1300 g/mol. The molecule has 6 N–H and O–H groups in total. The van der Waals surface area contributed by atoms with Crippen molar-refractivity contribution >= 4 is 59.8 Å². The third-order valence-corrected chi connectivity index (χ3v) is 14.0. The maximum Gasteiger partial charge on any atom is 0.415 e. The van der Waals surface area contributed by atoms with Gasteiger partial charge < -0.3 is 70.3 Å². The molecule has 7 aromatic rings. The second-order valence-corrected chi connectivity index (χ2v) is 21.2. The Morgan fingerprint density at radius 1 is 0.316 bits per heavy atom. The zero-order chi connectivity index (χ0) is 67.4. The molecule has 0 atom stereocenters. The molecule has 7 rings (SSSR count). The number of benzene rings is 7. The number of nitro benzene ring substituents is 1. The van der Waals surface area contributed by atoms with E-state index in [4.69, 9.17) is 23.7 Å². The molecule has 496 valence electrons. The van der Waals surface area contributed by atoms with Gasteiger partial charge in [-0.2, -0.15) is 0 Å². The average molecular weight is 1300 g/mol. The molecule has 0 saturated heterocycles. The molecular weight excluding hydrogens is 1220 g/mol. The summed E-state index contributed by atoms with van der Waals surface area (Å²) in [5.74, 6) is -0.605. The minimum Gasteiger partial charge on any atom is -0.445 e. The molecule has 0 aliphatic rings. The first-order valence-electron chi connectivity index (χ1n) is 30.5. The van der Waals surface area contributed by atoms with Crippen LogP contribution in [0.25, 0.3) is 0 Å². The van der Waals surface area contributed by atoms with E-state index in [2.05, 4.69) is 31.9 Å². The molecule has 26 heteroatoms. The lowest BCUT2D eigenvalue weighted by Gasteiger charge is -2.22. The smallest absolute Gasteiger partial charge is 0.415 e. The Labute approximate surface area is 548 Å². The molecule has 0 bridgehead atoms. The van der Waals surface area contributed by atoms with E-state index in [1.807, 2.05) is 121 Å². The van der Waals surface area contributed by atoms with Crippen molar-refractivity contribution in [1.29, 1.82) is 0 Å². The Morgan fingerprint density at radius 3 is 0.811 bits per heavy atom. The molecule has 0 fully saturated rings. The Kier molecular flexibility index (Phi) is 28.8. The van der Waals surface area contributed by atoms with Gasteiger partial charge in [0.15, 0.2) is 0 Å². The van der Waals surface area contributed by atoms with Gasteiger partial charge in [-0.1, -0.05) is 146 Å². The fourth-order valence-corrected chi connectivity index (χ4v) is 9.00. The van der Waals surface area contributed by atoms with Gasteiger partial charge in [0.1, 0.15) is 30.5 Å². The Bertz CT molecular complexity index is 3290. The number of hydrogen-bond acceptors (Lipinski definition) is 16. The van der Waals surface area contributed by atoms with Crippen LogP contribution < -0.4 is 46.1 Å². The third-order valence-electron chi connectivity index (χ3n) is 14.0. The Morgan fingerprint density at radius 2 is 0.558 bits per heavy atom. The molecule has 0 saturated carbocycles. The fourth-order valence-electron chi connectivity index (χ4n) is 9.00. The number of nitrogens with one attached hydrogen (secondary N) is 6. The number of amides is 9. The molecule has 0 radical (unpaired) electrons. The topological polar surface area (TPSA) is 325 Å². The third kappa shape index (κ3) is 26.9. The molecule has 95 heavy (non-hydrogen) atoms. The molecule has 7 aromatic carbocycles. The van der Waals surface area contributed by atoms with Gasteiger partial charge in [-0.15, -0.1) is 0 Å². The molecule has 9 amide bonds. The van der Waals surface area contributed by atoms with E-state index in [0.717, 1.165) is 34.4 Å². The van der Waals surface area contributed by atoms with Crippen molar-refractivity contribution in [3.05, 3.63) is 238 Å². The van der Waals surface area contributed by atoms with E-state index >= 15 is 0 Å². The fraction of sp³-hybridized carbons (Fsp3) is 0.261. The van der Waals surface area contributed by atoms with Crippen LogP contribution in [0.15, 0.2) is 194 Å².